The van der Waals surface area contributed by atoms with E-state index in [1.54, 1.807) is 0 Å². The van der Waals surface area contributed by atoms with Crippen LogP contribution in [0, 0.1) is 21.7 Å². The first kappa shape index (κ1) is 13.4. The summed E-state index contributed by atoms with van der Waals surface area (Å²) in [4.78, 5) is 0. The monoisotopic (exact) mass is 236 g/mol. The van der Waals surface area contributed by atoms with Gasteiger partial charge in [-0.25, -0.2) is 0 Å². The molecule has 0 unspecified atom stereocenters. The van der Waals surface area contributed by atoms with E-state index in [0.717, 1.165) is 5.41 Å². The molecular weight excluding hydrogens is 204 g/mol. The van der Waals surface area contributed by atoms with Crippen LogP contribution >= 0.6 is 0 Å². The van der Waals surface area contributed by atoms with E-state index in [4.69, 9.17) is 0 Å². The van der Waals surface area contributed by atoms with Gasteiger partial charge in [-0.3, -0.25) is 0 Å². The Morgan fingerprint density at radius 2 is 1.12 bits per heavy atom. The van der Waals surface area contributed by atoms with Gasteiger partial charge in [0.25, 0.3) is 0 Å². The molecule has 2 fully saturated rings. The first-order valence-electron chi connectivity index (χ1n) is 7.62. The molecule has 0 bridgehead atoms. The molecule has 0 aromatic rings. The summed E-state index contributed by atoms with van der Waals surface area (Å²) < 4.78 is 0. The van der Waals surface area contributed by atoms with Crippen LogP contribution in [0.3, 0.4) is 0 Å². The second-order valence-electron chi connectivity index (χ2n) is 8.97. The molecule has 1 spiro atoms. The Morgan fingerprint density at radius 3 is 1.47 bits per heavy atom. The van der Waals surface area contributed by atoms with Crippen LogP contribution in [0.1, 0.15) is 86.5 Å². The molecule has 100 valence electrons. The fourth-order valence-electron chi connectivity index (χ4n) is 5.25. The van der Waals surface area contributed by atoms with E-state index in [0.29, 0.717) is 16.2 Å². The number of hydrogen-bond acceptors (Lipinski definition) is 0. The zero-order valence-electron chi connectivity index (χ0n) is 12.9. The second kappa shape index (κ2) is 3.75. The van der Waals surface area contributed by atoms with E-state index < -0.39 is 0 Å². The molecule has 2 rings (SSSR count). The van der Waals surface area contributed by atoms with Crippen molar-refractivity contribution in [2.45, 2.75) is 86.5 Å². The Bertz CT molecular complexity index is 264. The summed E-state index contributed by atoms with van der Waals surface area (Å²) in [5.74, 6) is 0. The summed E-state index contributed by atoms with van der Waals surface area (Å²) in [6.07, 6.45) is 10.5. The molecule has 2 aliphatic rings. The minimum Gasteiger partial charge on any atom is -0.0596 e. The van der Waals surface area contributed by atoms with E-state index in [1.807, 2.05) is 0 Å². The Labute approximate surface area is 109 Å². The van der Waals surface area contributed by atoms with Crippen LogP contribution in [0.2, 0.25) is 0 Å². The molecule has 0 N–H and O–H groups in total. The first-order valence-corrected chi connectivity index (χ1v) is 7.62. The van der Waals surface area contributed by atoms with Crippen molar-refractivity contribution >= 4 is 0 Å². The fraction of sp³-hybridized carbons (Fsp3) is 1.00. The largest absolute Gasteiger partial charge is 0.0596 e. The van der Waals surface area contributed by atoms with Gasteiger partial charge in [0.15, 0.2) is 0 Å². The van der Waals surface area contributed by atoms with Crippen molar-refractivity contribution in [3.8, 4) is 0 Å². The molecule has 0 saturated heterocycles. The maximum absolute atomic E-state index is 2.48. The molecular formula is C17H32. The van der Waals surface area contributed by atoms with Gasteiger partial charge in [0.05, 0.1) is 0 Å². The van der Waals surface area contributed by atoms with E-state index in [-0.39, 0.29) is 0 Å². The van der Waals surface area contributed by atoms with Crippen LogP contribution in [-0.4, -0.2) is 0 Å². The van der Waals surface area contributed by atoms with Crippen LogP contribution in [-0.2, 0) is 0 Å². The quantitative estimate of drug-likeness (QED) is 0.498. The SMILES string of the molecule is CC(C)(C)C1(C(C)(C)C)CCC2(CCCC2)C1. The van der Waals surface area contributed by atoms with Crippen molar-refractivity contribution in [1.29, 1.82) is 0 Å². The van der Waals surface area contributed by atoms with Crippen molar-refractivity contribution in [1.82, 2.24) is 0 Å². The van der Waals surface area contributed by atoms with Crippen LogP contribution in [0.4, 0.5) is 0 Å². The van der Waals surface area contributed by atoms with Crippen molar-refractivity contribution < 1.29 is 0 Å². The predicted molar refractivity (Wildman–Crippen MR) is 76.1 cm³/mol. The Balaban J connectivity index is 2.33. The van der Waals surface area contributed by atoms with Crippen LogP contribution < -0.4 is 0 Å². The standard InChI is InChI=1S/C17H32/c1-14(2,3)17(15(4,5)6)12-11-16(13-17)9-7-8-10-16/h7-13H2,1-6H3. The fourth-order valence-corrected chi connectivity index (χ4v) is 5.25. The minimum atomic E-state index is 0.442. The Kier molecular flexibility index (Phi) is 2.96. The third kappa shape index (κ3) is 1.96. The van der Waals surface area contributed by atoms with E-state index >= 15 is 0 Å². The highest BCUT2D eigenvalue weighted by Gasteiger charge is 2.58. The minimum absolute atomic E-state index is 0.442. The van der Waals surface area contributed by atoms with Crippen molar-refractivity contribution in [3.63, 3.8) is 0 Å². The topological polar surface area (TPSA) is 0 Å². The molecule has 2 saturated carbocycles. The Hall–Kier alpha value is 0. The van der Waals surface area contributed by atoms with E-state index in [9.17, 15) is 0 Å². The molecule has 17 heavy (non-hydrogen) atoms. The molecule has 0 nitrogen and oxygen atoms in total. The lowest BCUT2D eigenvalue weighted by atomic mass is 9.52. The lowest BCUT2D eigenvalue weighted by Crippen LogP contribution is -2.45. The molecule has 0 aromatic heterocycles. The van der Waals surface area contributed by atoms with Crippen molar-refractivity contribution in [2.75, 3.05) is 0 Å². The van der Waals surface area contributed by atoms with Gasteiger partial charge in [-0.2, -0.15) is 0 Å². The van der Waals surface area contributed by atoms with Gasteiger partial charge in [0.2, 0.25) is 0 Å². The summed E-state index contributed by atoms with van der Waals surface area (Å²) in [6, 6.07) is 0. The lowest BCUT2D eigenvalue weighted by molar-refractivity contribution is -0.0361. The van der Waals surface area contributed by atoms with Crippen molar-refractivity contribution in [3.05, 3.63) is 0 Å². The van der Waals surface area contributed by atoms with Gasteiger partial charge in [0, 0.05) is 0 Å². The molecule has 0 aromatic carbocycles. The summed E-state index contributed by atoms with van der Waals surface area (Å²) in [6.45, 7) is 14.9. The van der Waals surface area contributed by atoms with E-state index in [1.165, 1.54) is 44.9 Å². The average Bonchev–Trinajstić information content (AvgIpc) is 2.72. The molecule has 0 heteroatoms. The molecule has 0 heterocycles. The molecule has 0 atom stereocenters. The lowest BCUT2D eigenvalue weighted by Gasteiger charge is -2.53. The van der Waals surface area contributed by atoms with Crippen molar-refractivity contribution in [2.24, 2.45) is 21.7 Å². The Morgan fingerprint density at radius 1 is 0.647 bits per heavy atom. The summed E-state index contributed by atoms with van der Waals surface area (Å²) in [5.41, 5.74) is 2.17. The third-order valence-electron chi connectivity index (χ3n) is 6.29. The maximum atomic E-state index is 2.48. The summed E-state index contributed by atoms with van der Waals surface area (Å²) >= 11 is 0. The molecule has 0 aliphatic heterocycles. The predicted octanol–water partition coefficient (Wildman–Crippen LogP) is 5.81. The maximum Gasteiger partial charge on any atom is -0.0195 e. The van der Waals surface area contributed by atoms with Gasteiger partial charge >= 0.3 is 0 Å². The zero-order valence-corrected chi connectivity index (χ0v) is 12.9. The van der Waals surface area contributed by atoms with Gasteiger partial charge in [0.1, 0.15) is 0 Å². The molecule has 2 aliphatic carbocycles. The smallest absolute Gasteiger partial charge is 0.0195 e. The van der Waals surface area contributed by atoms with Gasteiger partial charge < -0.3 is 0 Å². The highest BCUT2D eigenvalue weighted by Crippen LogP contribution is 2.68. The normalized spacial score (nSPS) is 27.9. The summed E-state index contributed by atoms with van der Waals surface area (Å²) in [5, 5.41) is 0. The first-order chi connectivity index (χ1) is 7.62. The van der Waals surface area contributed by atoms with Gasteiger partial charge in [-0.05, 0) is 53.8 Å². The highest BCUT2D eigenvalue weighted by molar-refractivity contribution is 5.08. The summed E-state index contributed by atoms with van der Waals surface area (Å²) in [7, 11) is 0. The third-order valence-corrected chi connectivity index (χ3v) is 6.29. The molecule has 0 amide bonds. The second-order valence-corrected chi connectivity index (χ2v) is 8.97. The average molecular weight is 236 g/mol. The number of rotatable bonds is 0. The van der Waals surface area contributed by atoms with Gasteiger partial charge in [-0.15, -0.1) is 0 Å². The number of hydrogen-bond donors (Lipinski definition) is 0. The molecule has 0 radical (unpaired) electrons. The van der Waals surface area contributed by atoms with E-state index in [2.05, 4.69) is 41.5 Å². The van der Waals surface area contributed by atoms with Crippen LogP contribution in [0.25, 0.3) is 0 Å². The highest BCUT2D eigenvalue weighted by atomic mass is 14.6. The van der Waals surface area contributed by atoms with Crippen LogP contribution in [0.5, 0.6) is 0 Å². The zero-order chi connectivity index (χ0) is 12.9. The van der Waals surface area contributed by atoms with Crippen LogP contribution in [0.15, 0.2) is 0 Å². The van der Waals surface area contributed by atoms with Gasteiger partial charge in [-0.1, -0.05) is 54.4 Å².